The number of hydrogen-bond acceptors (Lipinski definition) is 4. The summed E-state index contributed by atoms with van der Waals surface area (Å²) in [6.45, 7) is 0. The summed E-state index contributed by atoms with van der Waals surface area (Å²) in [5, 5.41) is 9.82. The maximum Gasteiger partial charge on any atom is 0.573 e. The summed E-state index contributed by atoms with van der Waals surface area (Å²) in [6, 6.07) is 5.70. The van der Waals surface area contributed by atoms with Crippen molar-refractivity contribution in [3.05, 3.63) is 53.3 Å². The minimum absolute atomic E-state index is 0.0296. The van der Waals surface area contributed by atoms with E-state index in [9.17, 15) is 22.7 Å². The average Bonchev–Trinajstić information content (AvgIpc) is 2.41. The number of nitrogens with two attached hydrogens (primary N) is 2. The maximum atomic E-state index is 13.3. The number of benzene rings is 2. The van der Waals surface area contributed by atoms with E-state index in [2.05, 4.69) is 4.74 Å². The highest BCUT2D eigenvalue weighted by molar-refractivity contribution is 5.58. The molecule has 0 heterocycles. The number of phenols is 1. The van der Waals surface area contributed by atoms with Gasteiger partial charge in [0, 0.05) is 11.6 Å². The number of nitrogen functional groups attached to an aromatic ring is 1. The summed E-state index contributed by atoms with van der Waals surface area (Å²) < 4.78 is 53.3. The first-order chi connectivity index (χ1) is 10.2. The van der Waals surface area contributed by atoms with Gasteiger partial charge in [0.15, 0.2) is 0 Å². The molecule has 0 saturated heterocycles. The largest absolute Gasteiger partial charge is 0.573 e. The van der Waals surface area contributed by atoms with Crippen molar-refractivity contribution in [2.24, 2.45) is 5.73 Å². The van der Waals surface area contributed by atoms with E-state index in [1.165, 1.54) is 12.1 Å². The van der Waals surface area contributed by atoms with Crippen LogP contribution in [-0.2, 0) is 0 Å². The zero-order valence-electron chi connectivity index (χ0n) is 11.1. The second-order valence-electron chi connectivity index (χ2n) is 4.53. The van der Waals surface area contributed by atoms with E-state index in [4.69, 9.17) is 11.5 Å². The molecule has 118 valence electrons. The van der Waals surface area contributed by atoms with Gasteiger partial charge in [0.2, 0.25) is 0 Å². The lowest BCUT2D eigenvalue weighted by atomic mass is 9.98. The Morgan fingerprint density at radius 2 is 1.68 bits per heavy atom. The van der Waals surface area contributed by atoms with Gasteiger partial charge in [-0.15, -0.1) is 13.2 Å². The average molecular weight is 316 g/mol. The molecule has 0 unspecified atom stereocenters. The SMILES string of the molecule is Nc1cc(F)cc([C@@H](N)c2ccc(OC(F)(F)F)cc2)c1O. The smallest absolute Gasteiger partial charge is 0.505 e. The van der Waals surface area contributed by atoms with Crippen molar-refractivity contribution in [2.45, 2.75) is 12.4 Å². The number of phenolic OH excluding ortho intramolecular Hbond substituents is 1. The van der Waals surface area contributed by atoms with E-state index in [0.29, 0.717) is 5.56 Å². The van der Waals surface area contributed by atoms with Crippen LogP contribution >= 0.6 is 0 Å². The van der Waals surface area contributed by atoms with Crippen LogP contribution in [0.5, 0.6) is 11.5 Å². The predicted molar refractivity (Wildman–Crippen MR) is 71.6 cm³/mol. The van der Waals surface area contributed by atoms with Gasteiger partial charge in [-0.3, -0.25) is 0 Å². The highest BCUT2D eigenvalue weighted by Gasteiger charge is 2.31. The summed E-state index contributed by atoms with van der Waals surface area (Å²) in [4.78, 5) is 0. The molecular formula is C14H12F4N2O2. The summed E-state index contributed by atoms with van der Waals surface area (Å²) in [5.41, 5.74) is 11.5. The predicted octanol–water partition coefficient (Wildman–Crippen LogP) is 3.06. The Morgan fingerprint density at radius 3 is 2.23 bits per heavy atom. The Kier molecular flexibility index (Phi) is 4.14. The van der Waals surface area contributed by atoms with Crippen molar-refractivity contribution >= 4 is 5.69 Å². The van der Waals surface area contributed by atoms with Gasteiger partial charge in [0.25, 0.3) is 0 Å². The van der Waals surface area contributed by atoms with Crippen molar-refractivity contribution in [1.29, 1.82) is 0 Å². The van der Waals surface area contributed by atoms with E-state index in [0.717, 1.165) is 24.3 Å². The molecule has 0 fully saturated rings. The molecule has 0 amide bonds. The molecule has 0 aliphatic heterocycles. The number of halogens is 4. The van der Waals surface area contributed by atoms with Crippen molar-refractivity contribution in [3.8, 4) is 11.5 Å². The molecule has 5 N–H and O–H groups in total. The van der Waals surface area contributed by atoms with E-state index >= 15 is 0 Å². The van der Waals surface area contributed by atoms with Crippen LogP contribution in [0.25, 0.3) is 0 Å². The van der Waals surface area contributed by atoms with E-state index < -0.39 is 24.0 Å². The molecule has 8 heteroatoms. The van der Waals surface area contributed by atoms with Crippen LogP contribution in [0.4, 0.5) is 23.2 Å². The lowest BCUT2D eigenvalue weighted by Crippen LogP contribution is -2.17. The fourth-order valence-electron chi connectivity index (χ4n) is 1.94. The fraction of sp³-hybridized carbons (Fsp3) is 0.143. The van der Waals surface area contributed by atoms with Crippen LogP contribution in [0.3, 0.4) is 0 Å². The van der Waals surface area contributed by atoms with Crippen molar-refractivity contribution in [2.75, 3.05) is 5.73 Å². The fourth-order valence-corrected chi connectivity index (χ4v) is 1.94. The number of alkyl halides is 3. The quantitative estimate of drug-likeness (QED) is 0.462. The van der Waals surface area contributed by atoms with Crippen LogP contribution in [-0.4, -0.2) is 11.5 Å². The minimum Gasteiger partial charge on any atom is -0.505 e. The van der Waals surface area contributed by atoms with Gasteiger partial charge < -0.3 is 21.3 Å². The van der Waals surface area contributed by atoms with Gasteiger partial charge in [-0.1, -0.05) is 12.1 Å². The molecule has 0 aromatic heterocycles. The van der Waals surface area contributed by atoms with Crippen LogP contribution in [0, 0.1) is 5.82 Å². The van der Waals surface area contributed by atoms with E-state index in [-0.39, 0.29) is 17.0 Å². The van der Waals surface area contributed by atoms with Crippen LogP contribution in [0.15, 0.2) is 36.4 Å². The number of rotatable bonds is 3. The van der Waals surface area contributed by atoms with Gasteiger partial charge in [-0.2, -0.15) is 0 Å². The molecule has 0 saturated carbocycles. The molecule has 1 atom stereocenters. The Morgan fingerprint density at radius 1 is 1.09 bits per heavy atom. The number of ether oxygens (including phenoxy) is 1. The van der Waals surface area contributed by atoms with Crippen LogP contribution < -0.4 is 16.2 Å². The lowest BCUT2D eigenvalue weighted by Gasteiger charge is -2.16. The van der Waals surface area contributed by atoms with Gasteiger partial charge in [0.05, 0.1) is 11.7 Å². The Labute approximate surface area is 122 Å². The first-order valence-electron chi connectivity index (χ1n) is 6.06. The first kappa shape index (κ1) is 15.9. The highest BCUT2D eigenvalue weighted by atomic mass is 19.4. The third kappa shape index (κ3) is 3.59. The molecule has 22 heavy (non-hydrogen) atoms. The second kappa shape index (κ2) is 5.72. The Hall–Kier alpha value is -2.48. The molecule has 2 aromatic rings. The molecule has 2 aromatic carbocycles. The zero-order chi connectivity index (χ0) is 16.5. The molecule has 4 nitrogen and oxygen atoms in total. The molecular weight excluding hydrogens is 304 g/mol. The normalized spacial score (nSPS) is 13.0. The van der Waals surface area contributed by atoms with Gasteiger partial charge in [-0.05, 0) is 23.8 Å². The van der Waals surface area contributed by atoms with Gasteiger partial charge >= 0.3 is 6.36 Å². The van der Waals surface area contributed by atoms with Crippen molar-refractivity contribution in [1.82, 2.24) is 0 Å². The Balaban J connectivity index is 2.29. The molecule has 0 bridgehead atoms. The molecule has 2 rings (SSSR count). The van der Waals surface area contributed by atoms with E-state index in [1.54, 1.807) is 0 Å². The molecule has 0 spiro atoms. The topological polar surface area (TPSA) is 81.5 Å². The number of hydrogen-bond donors (Lipinski definition) is 3. The number of anilines is 1. The Bertz CT molecular complexity index is 672. The van der Waals surface area contributed by atoms with Crippen molar-refractivity contribution in [3.63, 3.8) is 0 Å². The molecule has 0 aliphatic rings. The maximum absolute atomic E-state index is 13.3. The third-order valence-electron chi connectivity index (χ3n) is 2.94. The van der Waals surface area contributed by atoms with Crippen LogP contribution in [0.1, 0.15) is 17.2 Å². The molecule has 0 radical (unpaired) electrons. The summed E-state index contributed by atoms with van der Waals surface area (Å²) in [6.07, 6.45) is -4.79. The first-order valence-corrected chi connectivity index (χ1v) is 6.06. The van der Waals surface area contributed by atoms with Crippen LogP contribution in [0.2, 0.25) is 0 Å². The summed E-state index contributed by atoms with van der Waals surface area (Å²) >= 11 is 0. The zero-order valence-corrected chi connectivity index (χ0v) is 11.1. The van der Waals surface area contributed by atoms with Gasteiger partial charge in [-0.25, -0.2) is 4.39 Å². The second-order valence-corrected chi connectivity index (χ2v) is 4.53. The standard InChI is InChI=1S/C14H12F4N2O2/c15-8-5-10(13(21)11(19)6-8)12(20)7-1-3-9(4-2-7)22-14(16,17)18/h1-6,12,21H,19-20H2/t12-/m0/s1. The summed E-state index contributed by atoms with van der Waals surface area (Å²) in [7, 11) is 0. The third-order valence-corrected chi connectivity index (χ3v) is 2.94. The lowest BCUT2D eigenvalue weighted by molar-refractivity contribution is -0.274. The summed E-state index contributed by atoms with van der Waals surface area (Å²) in [5.74, 6) is -1.46. The highest BCUT2D eigenvalue weighted by Crippen LogP contribution is 2.34. The van der Waals surface area contributed by atoms with Gasteiger partial charge in [0.1, 0.15) is 17.3 Å². The number of aromatic hydroxyl groups is 1. The molecule has 0 aliphatic carbocycles. The minimum atomic E-state index is -4.79. The van der Waals surface area contributed by atoms with E-state index in [1.807, 2.05) is 0 Å². The monoisotopic (exact) mass is 316 g/mol. The van der Waals surface area contributed by atoms with Crippen molar-refractivity contribution < 1.29 is 27.4 Å².